The van der Waals surface area contributed by atoms with Gasteiger partial charge in [0.05, 0.1) is 0 Å². The van der Waals surface area contributed by atoms with E-state index in [9.17, 15) is 176 Å². The van der Waals surface area contributed by atoms with E-state index in [-0.39, 0.29) is 13.8 Å². The summed E-state index contributed by atoms with van der Waals surface area (Å²) in [5, 5.41) is 0. The number of hydrogen-bond acceptors (Lipinski definition) is 7. The van der Waals surface area contributed by atoms with E-state index in [0.717, 1.165) is 0 Å². The van der Waals surface area contributed by atoms with E-state index in [0.29, 0.717) is 0 Å². The first-order chi connectivity index (χ1) is 35.4. The molecule has 500 valence electrons. The van der Waals surface area contributed by atoms with E-state index in [2.05, 4.69) is 9.05 Å². The molecular weight excluding hydrogens is 1390 g/mol. The molecule has 10 nitrogen and oxygen atoms in total. The fourth-order valence-corrected chi connectivity index (χ4v) is 7.31. The van der Waals surface area contributed by atoms with E-state index in [1.54, 1.807) is 0 Å². The minimum atomic E-state index is -10.0. The second-order valence-corrected chi connectivity index (χ2v) is 18.7. The van der Waals surface area contributed by atoms with Crippen LogP contribution >= 0.6 is 7.82 Å². The molecule has 0 bridgehead atoms. The van der Waals surface area contributed by atoms with Gasteiger partial charge in [-0.05, 0) is 0 Å². The molecule has 0 aliphatic carbocycles. The maximum Gasteiger partial charge on any atom is 0.473 e. The van der Waals surface area contributed by atoms with Crippen molar-refractivity contribution in [3.8, 4) is 0 Å². The van der Waals surface area contributed by atoms with Crippen molar-refractivity contribution in [2.24, 2.45) is 0 Å². The van der Waals surface area contributed by atoms with Gasteiger partial charge in [0.2, 0.25) is 0 Å². The minimum Gasteiger partial charge on any atom is -0.760 e. The molecule has 55 heteroatoms. The molecule has 0 amide bonds. The Morgan fingerprint density at radius 2 is 0.482 bits per heavy atom. The maximum absolute atomic E-state index is 15.5. The number of nitrogens with zero attached hydrogens (tertiary/aromatic N) is 2. The Balaban J connectivity index is 8.54. The molecule has 0 saturated carbocycles. The summed E-state index contributed by atoms with van der Waals surface area (Å²) in [6, 6.07) is 0. The molecule has 0 aliphatic rings. The number of halogens is 42. The Labute approximate surface area is 431 Å². The number of phosphoric acid groups is 1. The van der Waals surface area contributed by atoms with Crippen molar-refractivity contribution in [3.05, 3.63) is 0 Å². The van der Waals surface area contributed by atoms with Gasteiger partial charge in [0.25, 0.3) is 0 Å². The minimum absolute atomic E-state index is 0.0305. The van der Waals surface area contributed by atoms with Gasteiger partial charge in [0.15, 0.2) is 12.2 Å². The molecule has 0 aromatic rings. The lowest BCUT2D eigenvalue weighted by Gasteiger charge is -2.46. The van der Waals surface area contributed by atoms with Gasteiger partial charge < -0.3 is 14.0 Å². The van der Waals surface area contributed by atoms with Crippen molar-refractivity contribution in [1.82, 2.24) is 8.61 Å². The Morgan fingerprint density at radius 1 is 0.337 bits per heavy atom. The molecular formula is C28H17F42N2O8PS2-2. The van der Waals surface area contributed by atoms with Crippen LogP contribution in [0.25, 0.3) is 0 Å². The predicted molar refractivity (Wildman–Crippen MR) is 173 cm³/mol. The molecule has 4 unspecified atom stereocenters. The number of alkyl halides is 42. The van der Waals surface area contributed by atoms with Crippen LogP contribution < -0.4 is 0 Å². The lowest BCUT2D eigenvalue weighted by atomic mass is 9.85. The molecule has 0 spiro atoms. The smallest absolute Gasteiger partial charge is 0.473 e. The second kappa shape index (κ2) is 22.4. The highest BCUT2D eigenvalue weighted by Gasteiger charge is 3.00. The van der Waals surface area contributed by atoms with Crippen LogP contribution in [0.4, 0.5) is 184 Å². The Kier molecular flexibility index (Phi) is 21.7. The van der Waals surface area contributed by atoms with Crippen molar-refractivity contribution >= 4 is 30.4 Å². The summed E-state index contributed by atoms with van der Waals surface area (Å²) in [4.78, 5) is 9.85. The van der Waals surface area contributed by atoms with Crippen molar-refractivity contribution < 1.29 is 220 Å². The van der Waals surface area contributed by atoms with Crippen molar-refractivity contribution in [3.63, 3.8) is 0 Å². The van der Waals surface area contributed by atoms with E-state index >= 15 is 35.1 Å². The summed E-state index contributed by atoms with van der Waals surface area (Å²) < 4.78 is 651. The second-order valence-electron chi connectivity index (χ2n) is 15.5. The molecule has 0 radical (unpaired) electrons. The molecule has 0 saturated heterocycles. The monoisotopic (exact) mass is 1400 g/mol. The molecule has 0 aliphatic heterocycles. The van der Waals surface area contributed by atoms with Gasteiger partial charge in [0.1, 0.15) is 0 Å². The first-order valence-electron chi connectivity index (χ1n) is 18.8. The van der Waals surface area contributed by atoms with Gasteiger partial charge in [-0.2, -0.15) is 184 Å². The summed E-state index contributed by atoms with van der Waals surface area (Å²) in [6.45, 7) is -11.4. The summed E-state index contributed by atoms with van der Waals surface area (Å²) in [5.74, 6) is -173. The lowest BCUT2D eigenvalue weighted by molar-refractivity contribution is -0.475. The van der Waals surface area contributed by atoms with E-state index in [4.69, 9.17) is 0 Å². The van der Waals surface area contributed by atoms with Gasteiger partial charge in [-0.25, -0.2) is 13.2 Å². The SMILES string of the molecule is CCN(CC(OP(=O)(O)OC(CN(CC)S(=O)[O-])C(F)(F)C(F)(F)C(F)(F)C(F)(F)C(F)(F)C(F)(F)C(F)(F)C(F)(F)C(F)(F)C(F)(F)F)C(F)(F)C(F)(F)C(F)(F)C(F)(F)C(F)(F)C(F)(F)C(F)(F)C(F)(F)C(F)(F)C(F)(F)F)S(=O)[O-]. The van der Waals surface area contributed by atoms with Crippen LogP contribution in [0.3, 0.4) is 0 Å². The van der Waals surface area contributed by atoms with Gasteiger partial charge in [0, 0.05) is 48.7 Å². The van der Waals surface area contributed by atoms with Crippen molar-refractivity contribution in [2.75, 3.05) is 26.2 Å². The standard InChI is InChI=1S/C28H19F42N2O8PS2/c1-3-71(82(75)76)5-7(9(29,30)11(33,34)13(37,38)15(41,42)17(45,46)19(49,50)21(53,54)23(57,58)25(61,62)27(65,66)67)79-81(73,74)80-8(6-72(4-2)83(77)78)10(31,32)12(35,36)14(39,40)16(43,44)18(47,48)20(51,52)22(55,56)24(59,60)26(63,64)28(68,69)70/h7-8H,3-6H2,1-2H3,(H,73,74)(H,75,76)(H,77,78)/p-2. The number of rotatable bonds is 30. The van der Waals surface area contributed by atoms with E-state index < -0.39 is 196 Å². The Morgan fingerprint density at radius 3 is 0.614 bits per heavy atom. The summed E-state index contributed by atoms with van der Waals surface area (Å²) >= 11 is -9.58. The average Bonchev–Trinajstić information content (AvgIpc) is 3.26. The Bertz CT molecular complexity index is 2220. The topological polar surface area (TPSA) is 142 Å². The molecule has 0 heterocycles. The van der Waals surface area contributed by atoms with Crippen molar-refractivity contribution in [1.29, 1.82) is 0 Å². The number of phosphoric ester groups is 1. The lowest BCUT2D eigenvalue weighted by Crippen LogP contribution is -2.77. The van der Waals surface area contributed by atoms with Crippen LogP contribution in [0.2, 0.25) is 0 Å². The third-order valence-electron chi connectivity index (χ3n) is 10.3. The van der Waals surface area contributed by atoms with Crippen LogP contribution in [0, 0.1) is 0 Å². The molecule has 0 rings (SSSR count). The van der Waals surface area contributed by atoms with Gasteiger partial charge >= 0.3 is 127 Å². The third kappa shape index (κ3) is 11.7. The van der Waals surface area contributed by atoms with E-state index in [1.165, 1.54) is 0 Å². The average molecular weight is 1400 g/mol. The summed E-state index contributed by atoms with van der Waals surface area (Å²) in [7, 11) is -8.95. The molecule has 1 N–H and O–H groups in total. The van der Waals surface area contributed by atoms with Crippen molar-refractivity contribution in [2.45, 2.75) is 145 Å². The predicted octanol–water partition coefficient (Wildman–Crippen LogP) is 12.6. The van der Waals surface area contributed by atoms with Crippen LogP contribution in [-0.2, 0) is 36.1 Å². The van der Waals surface area contributed by atoms with Gasteiger partial charge in [-0.1, -0.05) is 13.8 Å². The molecule has 4 atom stereocenters. The highest BCUT2D eigenvalue weighted by atomic mass is 32.2. The van der Waals surface area contributed by atoms with Crippen LogP contribution in [0.15, 0.2) is 0 Å². The zero-order chi connectivity index (χ0) is 68.2. The van der Waals surface area contributed by atoms with Crippen LogP contribution in [0.1, 0.15) is 13.8 Å². The molecule has 83 heavy (non-hydrogen) atoms. The molecule has 0 aromatic carbocycles. The number of hydrogen-bond donors (Lipinski definition) is 1. The largest absolute Gasteiger partial charge is 0.760 e. The van der Waals surface area contributed by atoms with Gasteiger partial charge in [-0.15, -0.1) is 0 Å². The third-order valence-corrected chi connectivity index (χ3v) is 13.0. The van der Waals surface area contributed by atoms with Gasteiger partial charge in [-0.3, -0.25) is 17.5 Å². The zero-order valence-corrected chi connectivity index (χ0v) is 39.8. The summed E-state index contributed by atoms with van der Waals surface area (Å²) in [5.41, 5.74) is 0. The fourth-order valence-electron chi connectivity index (χ4n) is 5.28. The summed E-state index contributed by atoms with van der Waals surface area (Å²) in [6.07, 6.45) is -29.2. The highest BCUT2D eigenvalue weighted by Crippen LogP contribution is 2.70. The molecule has 0 fully saturated rings. The fraction of sp³-hybridized carbons (Fsp3) is 1.00. The zero-order valence-electron chi connectivity index (χ0n) is 37.3. The Hall–Kier alpha value is -2.69. The molecule has 0 aromatic heterocycles. The first kappa shape index (κ1) is 80.3. The normalized spacial score (nSPS) is 18.6. The highest BCUT2D eigenvalue weighted by molar-refractivity contribution is 7.76. The van der Waals surface area contributed by atoms with Crippen LogP contribution in [0.5, 0.6) is 0 Å². The maximum atomic E-state index is 15.5. The van der Waals surface area contributed by atoms with Crippen LogP contribution in [-0.4, -0.2) is 188 Å². The number of likely N-dealkylation sites (N-methyl/N-ethyl adjacent to an activating group) is 2. The first-order valence-corrected chi connectivity index (χ1v) is 22.3. The van der Waals surface area contributed by atoms with E-state index in [1.807, 2.05) is 0 Å². The quantitative estimate of drug-likeness (QED) is 0.0426.